The number of nitrogens with one attached hydrogen (secondary N) is 2. The summed E-state index contributed by atoms with van der Waals surface area (Å²) in [6.07, 6.45) is 1.06. The number of hydrogen-bond donors (Lipinski definition) is 2. The molecule has 0 aromatic heterocycles. The number of amides is 1. The van der Waals surface area contributed by atoms with Crippen LogP contribution in [0.4, 0.5) is 5.69 Å². The van der Waals surface area contributed by atoms with E-state index in [1.54, 1.807) is 48.2 Å². The van der Waals surface area contributed by atoms with Crippen LogP contribution < -0.4 is 10.0 Å². The van der Waals surface area contributed by atoms with Crippen molar-refractivity contribution < 1.29 is 13.2 Å². The van der Waals surface area contributed by atoms with E-state index in [-0.39, 0.29) is 5.91 Å². The molecular formula is C17H18Cl2N2O3S2. The predicted octanol–water partition coefficient (Wildman–Crippen LogP) is 4.03. The highest BCUT2D eigenvalue weighted by atomic mass is 35.5. The fourth-order valence-corrected chi connectivity index (χ4v) is 4.27. The van der Waals surface area contributed by atoms with Gasteiger partial charge >= 0.3 is 0 Å². The van der Waals surface area contributed by atoms with Gasteiger partial charge in [-0.1, -0.05) is 35.3 Å². The van der Waals surface area contributed by atoms with Gasteiger partial charge in [0.15, 0.2) is 0 Å². The van der Waals surface area contributed by atoms with Gasteiger partial charge in [0.25, 0.3) is 5.91 Å². The average Bonchev–Trinajstić information content (AvgIpc) is 2.55. The van der Waals surface area contributed by atoms with Gasteiger partial charge in [0.1, 0.15) is 0 Å². The van der Waals surface area contributed by atoms with Gasteiger partial charge in [-0.05, 0) is 35.9 Å². The van der Waals surface area contributed by atoms with Crippen molar-refractivity contribution in [3.63, 3.8) is 0 Å². The molecule has 0 spiro atoms. The number of anilines is 1. The zero-order valence-electron chi connectivity index (χ0n) is 14.0. The van der Waals surface area contributed by atoms with Gasteiger partial charge in [0, 0.05) is 39.3 Å². The lowest BCUT2D eigenvalue weighted by atomic mass is 10.2. The van der Waals surface area contributed by atoms with Crippen LogP contribution in [0.5, 0.6) is 0 Å². The summed E-state index contributed by atoms with van der Waals surface area (Å²) < 4.78 is 24.9. The molecule has 0 aliphatic heterocycles. The quantitative estimate of drug-likeness (QED) is 0.617. The third-order valence-electron chi connectivity index (χ3n) is 3.27. The molecule has 2 rings (SSSR count). The molecule has 9 heteroatoms. The maximum Gasteiger partial charge on any atom is 0.251 e. The van der Waals surface area contributed by atoms with Crippen molar-refractivity contribution in [2.75, 3.05) is 23.3 Å². The van der Waals surface area contributed by atoms with E-state index >= 15 is 0 Å². The SMILES string of the molecule is CS(=O)(=O)Nc1cccc(C(=O)NCCSCc2c(Cl)cccc2Cl)c1. The standard InChI is InChI=1S/C17H18Cl2N2O3S2/c1-26(23,24)21-13-5-2-4-12(10-13)17(22)20-8-9-25-11-14-15(18)6-3-7-16(14)19/h2-7,10,21H,8-9,11H2,1H3,(H,20,22). The van der Waals surface area contributed by atoms with E-state index in [0.29, 0.717) is 39.3 Å². The Morgan fingerprint density at radius 3 is 2.42 bits per heavy atom. The molecule has 0 aliphatic carbocycles. The third-order valence-corrected chi connectivity index (χ3v) is 5.57. The molecule has 0 radical (unpaired) electrons. The summed E-state index contributed by atoms with van der Waals surface area (Å²) in [6.45, 7) is 0.468. The lowest BCUT2D eigenvalue weighted by Crippen LogP contribution is -2.25. The summed E-state index contributed by atoms with van der Waals surface area (Å²) >= 11 is 13.8. The van der Waals surface area contributed by atoms with E-state index in [4.69, 9.17) is 23.2 Å². The smallest absolute Gasteiger partial charge is 0.251 e. The zero-order chi connectivity index (χ0) is 19.2. The summed E-state index contributed by atoms with van der Waals surface area (Å²) in [5, 5.41) is 4.06. The van der Waals surface area contributed by atoms with Crippen LogP contribution in [0.1, 0.15) is 15.9 Å². The van der Waals surface area contributed by atoms with Crippen LogP contribution in [0, 0.1) is 0 Å². The molecule has 2 aromatic carbocycles. The Kier molecular flexibility index (Phi) is 7.64. The van der Waals surface area contributed by atoms with Crippen molar-refractivity contribution in [2.24, 2.45) is 0 Å². The summed E-state index contributed by atoms with van der Waals surface area (Å²) in [4.78, 5) is 12.2. The van der Waals surface area contributed by atoms with Crippen LogP contribution in [-0.2, 0) is 15.8 Å². The van der Waals surface area contributed by atoms with E-state index in [0.717, 1.165) is 11.8 Å². The number of hydrogen-bond acceptors (Lipinski definition) is 4. The number of rotatable bonds is 8. The van der Waals surface area contributed by atoms with Gasteiger partial charge in [-0.3, -0.25) is 9.52 Å². The predicted molar refractivity (Wildman–Crippen MR) is 110 cm³/mol. The summed E-state index contributed by atoms with van der Waals surface area (Å²) in [5.74, 6) is 1.08. The molecule has 0 fully saturated rings. The fourth-order valence-electron chi connectivity index (χ4n) is 2.12. The monoisotopic (exact) mass is 432 g/mol. The molecule has 0 bridgehead atoms. The lowest BCUT2D eigenvalue weighted by Gasteiger charge is -2.09. The molecule has 26 heavy (non-hydrogen) atoms. The van der Waals surface area contributed by atoms with E-state index in [9.17, 15) is 13.2 Å². The first kappa shape index (κ1) is 20.9. The van der Waals surface area contributed by atoms with Gasteiger partial charge in [-0.2, -0.15) is 11.8 Å². The second-order valence-electron chi connectivity index (χ2n) is 5.46. The molecule has 0 saturated carbocycles. The van der Waals surface area contributed by atoms with Crippen LogP contribution in [-0.4, -0.2) is 32.9 Å². The van der Waals surface area contributed by atoms with E-state index < -0.39 is 10.0 Å². The Morgan fingerprint density at radius 1 is 1.12 bits per heavy atom. The van der Waals surface area contributed by atoms with Crippen LogP contribution in [0.15, 0.2) is 42.5 Å². The first-order chi connectivity index (χ1) is 12.3. The van der Waals surface area contributed by atoms with E-state index in [1.807, 2.05) is 0 Å². The molecule has 2 N–H and O–H groups in total. The van der Waals surface area contributed by atoms with Crippen LogP contribution in [0.2, 0.25) is 10.0 Å². The van der Waals surface area contributed by atoms with Gasteiger partial charge in [0.2, 0.25) is 10.0 Å². The van der Waals surface area contributed by atoms with Crippen LogP contribution >= 0.6 is 35.0 Å². The molecule has 0 aliphatic rings. The molecular weight excluding hydrogens is 415 g/mol. The summed E-state index contributed by atoms with van der Waals surface area (Å²) in [5.41, 5.74) is 1.62. The van der Waals surface area contributed by atoms with Crippen molar-refractivity contribution in [3.8, 4) is 0 Å². The number of thioether (sulfide) groups is 1. The highest BCUT2D eigenvalue weighted by Gasteiger charge is 2.09. The Labute approximate surface area is 167 Å². The summed E-state index contributed by atoms with van der Waals surface area (Å²) in [7, 11) is -3.38. The minimum atomic E-state index is -3.38. The highest BCUT2D eigenvalue weighted by Crippen LogP contribution is 2.27. The Morgan fingerprint density at radius 2 is 1.77 bits per heavy atom. The minimum Gasteiger partial charge on any atom is -0.351 e. The van der Waals surface area contributed by atoms with Gasteiger partial charge < -0.3 is 5.32 Å². The minimum absolute atomic E-state index is 0.265. The molecule has 0 saturated heterocycles. The number of carbonyl (C=O) groups excluding carboxylic acids is 1. The third kappa shape index (κ3) is 6.72. The van der Waals surface area contributed by atoms with Gasteiger partial charge in [-0.15, -0.1) is 0 Å². The van der Waals surface area contributed by atoms with Crippen molar-refractivity contribution in [1.29, 1.82) is 0 Å². The average molecular weight is 433 g/mol. The van der Waals surface area contributed by atoms with Crippen LogP contribution in [0.25, 0.3) is 0 Å². The number of carbonyl (C=O) groups is 1. The molecule has 1 amide bonds. The Hall–Kier alpha value is -1.41. The molecule has 0 atom stereocenters. The fraction of sp³-hybridized carbons (Fsp3) is 0.235. The first-order valence-corrected chi connectivity index (χ1v) is 11.4. The number of benzene rings is 2. The highest BCUT2D eigenvalue weighted by molar-refractivity contribution is 7.98. The van der Waals surface area contributed by atoms with Crippen molar-refractivity contribution in [3.05, 3.63) is 63.6 Å². The Balaban J connectivity index is 1.81. The second kappa shape index (κ2) is 9.50. The maximum absolute atomic E-state index is 12.2. The molecule has 5 nitrogen and oxygen atoms in total. The molecule has 0 unspecified atom stereocenters. The van der Waals surface area contributed by atoms with Crippen molar-refractivity contribution in [1.82, 2.24) is 5.32 Å². The lowest BCUT2D eigenvalue weighted by molar-refractivity contribution is 0.0956. The number of sulfonamides is 1. The molecule has 2 aromatic rings. The van der Waals surface area contributed by atoms with Gasteiger partial charge in [0.05, 0.1) is 6.26 Å². The largest absolute Gasteiger partial charge is 0.351 e. The topological polar surface area (TPSA) is 75.3 Å². The normalized spacial score (nSPS) is 11.2. The molecule has 0 heterocycles. The van der Waals surface area contributed by atoms with E-state index in [1.165, 1.54) is 6.07 Å². The van der Waals surface area contributed by atoms with Gasteiger partial charge in [-0.25, -0.2) is 8.42 Å². The summed E-state index contributed by atoms with van der Waals surface area (Å²) in [6, 6.07) is 11.7. The van der Waals surface area contributed by atoms with E-state index in [2.05, 4.69) is 10.0 Å². The van der Waals surface area contributed by atoms with Crippen LogP contribution in [0.3, 0.4) is 0 Å². The number of halogens is 2. The maximum atomic E-state index is 12.2. The first-order valence-electron chi connectivity index (χ1n) is 7.63. The second-order valence-corrected chi connectivity index (χ2v) is 9.13. The van der Waals surface area contributed by atoms with Crippen molar-refractivity contribution in [2.45, 2.75) is 5.75 Å². The Bertz CT molecular complexity index is 869. The molecule has 140 valence electrons. The van der Waals surface area contributed by atoms with Crippen molar-refractivity contribution >= 4 is 56.6 Å². The zero-order valence-corrected chi connectivity index (χ0v) is 17.1.